The van der Waals surface area contributed by atoms with Crippen LogP contribution in [0.15, 0.2) is 47.9 Å². The van der Waals surface area contributed by atoms with Gasteiger partial charge in [0.25, 0.3) is 0 Å². The van der Waals surface area contributed by atoms with E-state index in [9.17, 15) is 19.8 Å². The summed E-state index contributed by atoms with van der Waals surface area (Å²) >= 11 is 0. The maximum Gasteiger partial charge on any atom is 0.178 e. The van der Waals surface area contributed by atoms with E-state index in [2.05, 4.69) is 6.58 Å². The molecule has 0 amide bonds. The normalized spacial score (nSPS) is 49.8. The van der Waals surface area contributed by atoms with Crippen molar-refractivity contribution in [3.05, 3.63) is 47.9 Å². The van der Waals surface area contributed by atoms with Crippen LogP contribution in [-0.4, -0.2) is 39.2 Å². The van der Waals surface area contributed by atoms with Gasteiger partial charge in [-0.3, -0.25) is 9.59 Å². The lowest BCUT2D eigenvalue weighted by Gasteiger charge is -2.60. The second-order valence-corrected chi connectivity index (χ2v) is 9.12. The molecule has 2 N–H and O–H groups in total. The highest BCUT2D eigenvalue weighted by Gasteiger charge is 2.74. The Labute approximate surface area is 162 Å². The van der Waals surface area contributed by atoms with Crippen LogP contribution in [0.5, 0.6) is 0 Å². The summed E-state index contributed by atoms with van der Waals surface area (Å²) in [5.74, 6) is -3.38. The van der Waals surface area contributed by atoms with Crippen molar-refractivity contribution in [1.29, 1.82) is 0 Å². The number of hydrogen-bond donors (Lipinski definition) is 2. The van der Waals surface area contributed by atoms with Crippen molar-refractivity contribution in [2.75, 3.05) is 0 Å². The molecule has 0 bridgehead atoms. The first-order chi connectivity index (χ1) is 12.8. The van der Waals surface area contributed by atoms with Crippen LogP contribution in [0.25, 0.3) is 0 Å². The maximum atomic E-state index is 16.8. The molecule has 0 aromatic rings. The number of hydrogen-bond acceptors (Lipinski definition) is 4. The van der Waals surface area contributed by atoms with Gasteiger partial charge in [0, 0.05) is 16.9 Å². The summed E-state index contributed by atoms with van der Waals surface area (Å²) in [6, 6.07) is 0. The zero-order valence-electron chi connectivity index (χ0n) is 16.1. The molecule has 0 radical (unpaired) electrons. The number of carbonyl (C=O) groups excluding carboxylic acids is 2. The monoisotopic (exact) mass is 390 g/mol. The summed E-state index contributed by atoms with van der Waals surface area (Å²) in [4.78, 5) is 24.1. The number of Topliss-reactive ketones (excluding diaryl/α,β-unsaturated/α-hetero) is 1. The van der Waals surface area contributed by atoms with Crippen LogP contribution in [0.1, 0.15) is 33.6 Å². The van der Waals surface area contributed by atoms with Crippen LogP contribution in [0.3, 0.4) is 0 Å². The largest absolute Gasteiger partial charge is 0.390 e. The van der Waals surface area contributed by atoms with Gasteiger partial charge in [0.05, 0.1) is 11.5 Å². The quantitative estimate of drug-likeness (QED) is 0.675. The summed E-state index contributed by atoms with van der Waals surface area (Å²) in [5.41, 5.74) is -6.74. The van der Waals surface area contributed by atoms with Crippen molar-refractivity contribution in [2.45, 2.75) is 51.0 Å². The van der Waals surface area contributed by atoms with Crippen molar-refractivity contribution < 1.29 is 28.6 Å². The average Bonchev–Trinajstić information content (AvgIpc) is 2.81. The predicted molar refractivity (Wildman–Crippen MR) is 98.5 cm³/mol. The number of alkyl halides is 1. The third-order valence-electron chi connectivity index (χ3n) is 7.96. The summed E-state index contributed by atoms with van der Waals surface area (Å²) in [7, 11) is 0. The van der Waals surface area contributed by atoms with Gasteiger partial charge in [0.15, 0.2) is 17.2 Å². The standard InChI is InChI=1S/C22H24F2O4/c1-11-7-14-15-9-17(23)16-8-13(26)5-6-19(16,3)21(15,24)18(27)10-20(14,4)22(11,28)12(2)25/h5-6,8-9,14-15,18,27-28H,1,7,10H2,2-4H3/t14-,15-,18?,19-,20-,21-,22-/m0/s1. The fourth-order valence-electron chi connectivity index (χ4n) is 6.36. The van der Waals surface area contributed by atoms with E-state index in [0.29, 0.717) is 0 Å². The van der Waals surface area contributed by atoms with Crippen LogP contribution >= 0.6 is 0 Å². The molecule has 0 heterocycles. The van der Waals surface area contributed by atoms with E-state index in [0.717, 1.165) is 12.2 Å². The minimum atomic E-state index is -2.29. The Balaban J connectivity index is 1.96. The second-order valence-electron chi connectivity index (χ2n) is 9.12. The molecule has 0 aromatic carbocycles. The third-order valence-corrected chi connectivity index (χ3v) is 7.96. The highest BCUT2D eigenvalue weighted by molar-refractivity contribution is 6.02. The smallest absolute Gasteiger partial charge is 0.178 e. The molecular weight excluding hydrogens is 366 g/mol. The van der Waals surface area contributed by atoms with Gasteiger partial charge in [-0.2, -0.15) is 0 Å². The summed E-state index contributed by atoms with van der Waals surface area (Å²) < 4.78 is 31.8. The van der Waals surface area contributed by atoms with Crippen molar-refractivity contribution in [3.63, 3.8) is 0 Å². The summed E-state index contributed by atoms with van der Waals surface area (Å²) in [5, 5.41) is 22.2. The van der Waals surface area contributed by atoms with E-state index < -0.39 is 57.4 Å². The first kappa shape index (κ1) is 19.4. The Morgan fingerprint density at radius 1 is 1.36 bits per heavy atom. The number of aliphatic hydroxyl groups excluding tert-OH is 1. The molecule has 7 atom stereocenters. The van der Waals surface area contributed by atoms with Crippen LogP contribution in [-0.2, 0) is 9.59 Å². The number of aliphatic hydroxyl groups is 2. The number of ketones is 2. The first-order valence-corrected chi connectivity index (χ1v) is 9.45. The molecule has 1 unspecified atom stereocenters. The third kappa shape index (κ3) is 1.86. The van der Waals surface area contributed by atoms with E-state index in [1.54, 1.807) is 6.92 Å². The SMILES string of the molecule is C=C1C[C@H]2[C@@H]3C=C(F)C4=CC(=O)C=C[C@]4(C)[C@@]3(F)C(O)C[C@]2(C)[C@@]1(O)C(C)=O. The fraction of sp³-hybridized carbons (Fsp3) is 0.545. The molecule has 0 saturated heterocycles. The van der Waals surface area contributed by atoms with E-state index >= 15 is 8.78 Å². The van der Waals surface area contributed by atoms with E-state index in [-0.39, 0.29) is 24.0 Å². The van der Waals surface area contributed by atoms with Gasteiger partial charge >= 0.3 is 0 Å². The van der Waals surface area contributed by atoms with Gasteiger partial charge < -0.3 is 10.2 Å². The minimum absolute atomic E-state index is 0.0833. The minimum Gasteiger partial charge on any atom is -0.390 e. The average molecular weight is 390 g/mol. The fourth-order valence-corrected chi connectivity index (χ4v) is 6.36. The highest BCUT2D eigenvalue weighted by Crippen LogP contribution is 2.70. The van der Waals surface area contributed by atoms with E-state index in [1.807, 2.05) is 0 Å². The molecule has 6 heteroatoms. The van der Waals surface area contributed by atoms with Crippen LogP contribution < -0.4 is 0 Å². The van der Waals surface area contributed by atoms with Crippen LogP contribution in [0.4, 0.5) is 8.78 Å². The van der Waals surface area contributed by atoms with Crippen molar-refractivity contribution in [1.82, 2.24) is 0 Å². The zero-order chi connectivity index (χ0) is 20.9. The van der Waals surface area contributed by atoms with Gasteiger partial charge in [0.2, 0.25) is 0 Å². The zero-order valence-corrected chi connectivity index (χ0v) is 16.1. The molecule has 4 nitrogen and oxygen atoms in total. The van der Waals surface area contributed by atoms with Crippen molar-refractivity contribution >= 4 is 11.6 Å². The number of rotatable bonds is 1. The van der Waals surface area contributed by atoms with Gasteiger partial charge in [-0.15, -0.1) is 0 Å². The maximum absolute atomic E-state index is 16.8. The van der Waals surface area contributed by atoms with E-state index in [4.69, 9.17) is 0 Å². The van der Waals surface area contributed by atoms with E-state index in [1.165, 1.54) is 26.0 Å². The Kier molecular flexibility index (Phi) is 3.71. The molecule has 0 aromatic heterocycles. The molecule has 4 aliphatic rings. The Bertz CT molecular complexity index is 917. The summed E-state index contributed by atoms with van der Waals surface area (Å²) in [6.45, 7) is 8.22. The lowest BCUT2D eigenvalue weighted by molar-refractivity contribution is -0.198. The summed E-state index contributed by atoms with van der Waals surface area (Å²) in [6.07, 6.45) is 3.11. The Hall–Kier alpha value is -1.92. The van der Waals surface area contributed by atoms with Crippen molar-refractivity contribution in [2.24, 2.45) is 22.7 Å². The lowest BCUT2D eigenvalue weighted by atomic mass is 9.46. The van der Waals surface area contributed by atoms with Crippen molar-refractivity contribution in [3.8, 4) is 0 Å². The predicted octanol–water partition coefficient (Wildman–Crippen LogP) is 2.92. The van der Waals surface area contributed by atoms with Gasteiger partial charge in [-0.25, -0.2) is 8.78 Å². The molecule has 2 fully saturated rings. The lowest BCUT2D eigenvalue weighted by Crippen LogP contribution is -2.68. The Morgan fingerprint density at radius 2 is 2.00 bits per heavy atom. The van der Waals surface area contributed by atoms with Gasteiger partial charge in [0.1, 0.15) is 11.4 Å². The molecule has 0 aliphatic heterocycles. The number of allylic oxidation sites excluding steroid dienone is 6. The first-order valence-electron chi connectivity index (χ1n) is 9.45. The number of carbonyl (C=O) groups is 2. The molecule has 150 valence electrons. The molecule has 4 aliphatic carbocycles. The van der Waals surface area contributed by atoms with Gasteiger partial charge in [-0.05, 0) is 56.4 Å². The molecular formula is C22H24F2O4. The molecule has 0 spiro atoms. The van der Waals surface area contributed by atoms with Crippen LogP contribution in [0.2, 0.25) is 0 Å². The molecule has 4 rings (SSSR count). The van der Waals surface area contributed by atoms with Gasteiger partial charge in [-0.1, -0.05) is 19.6 Å². The molecule has 28 heavy (non-hydrogen) atoms. The molecule has 2 saturated carbocycles. The Morgan fingerprint density at radius 3 is 2.61 bits per heavy atom. The highest BCUT2D eigenvalue weighted by atomic mass is 19.1. The van der Waals surface area contributed by atoms with Crippen LogP contribution in [0, 0.1) is 22.7 Å². The topological polar surface area (TPSA) is 74.6 Å². The second kappa shape index (κ2) is 5.36. The number of halogens is 2. The number of fused-ring (bicyclic) bond motifs is 5.